The van der Waals surface area contributed by atoms with Gasteiger partial charge in [-0.3, -0.25) is 13.9 Å². The monoisotopic (exact) mass is 497 g/mol. The molecule has 4 rings (SSSR count). The van der Waals surface area contributed by atoms with Crippen molar-refractivity contribution in [2.24, 2.45) is 0 Å². The number of hydrogen-bond donors (Lipinski definition) is 3. The van der Waals surface area contributed by atoms with E-state index in [0.717, 1.165) is 24.7 Å². The summed E-state index contributed by atoms with van der Waals surface area (Å²) in [6, 6.07) is 8.98. The van der Waals surface area contributed by atoms with Gasteiger partial charge in [0, 0.05) is 31.7 Å². The van der Waals surface area contributed by atoms with Crippen LogP contribution < -0.4 is 20.4 Å². The average Bonchev–Trinajstić information content (AvgIpc) is 3.68. The highest BCUT2D eigenvalue weighted by Crippen LogP contribution is 2.43. The highest BCUT2D eigenvalue weighted by atomic mass is 32.2. The van der Waals surface area contributed by atoms with Crippen LogP contribution in [-0.2, 0) is 14.9 Å². The lowest BCUT2D eigenvalue weighted by atomic mass is 10.1. The Labute approximate surface area is 204 Å². The number of hydrogen-bond acceptors (Lipinski definition) is 9. The van der Waals surface area contributed by atoms with E-state index in [9.17, 15) is 13.2 Å². The predicted molar refractivity (Wildman–Crippen MR) is 134 cm³/mol. The maximum absolute atomic E-state index is 12.7. The molecule has 0 radical (unpaired) electrons. The zero-order valence-corrected chi connectivity index (χ0v) is 20.5. The van der Waals surface area contributed by atoms with E-state index in [1.807, 2.05) is 18.2 Å². The minimum absolute atomic E-state index is 0.206. The molecule has 3 N–H and O–H groups in total. The van der Waals surface area contributed by atoms with Gasteiger partial charge in [-0.15, -0.1) is 0 Å². The van der Waals surface area contributed by atoms with Crippen molar-refractivity contribution in [3.63, 3.8) is 0 Å². The summed E-state index contributed by atoms with van der Waals surface area (Å²) in [5.74, 6) is 0.658. The summed E-state index contributed by atoms with van der Waals surface area (Å²) in [5, 5.41) is 6.21. The summed E-state index contributed by atoms with van der Waals surface area (Å²) in [4.78, 5) is 30.4. The number of carbonyl (C=O) groups is 1. The molecule has 1 aliphatic rings. The number of aromatic nitrogens is 3. The van der Waals surface area contributed by atoms with Gasteiger partial charge >= 0.3 is 0 Å². The molecule has 11 nitrogen and oxygen atoms in total. The van der Waals surface area contributed by atoms with E-state index in [0.29, 0.717) is 41.4 Å². The first-order chi connectivity index (χ1) is 16.8. The first-order valence-electron chi connectivity index (χ1n) is 11.1. The van der Waals surface area contributed by atoms with Gasteiger partial charge in [0.1, 0.15) is 5.82 Å². The fraction of sp³-hybridized carbons (Fsp3) is 0.304. The van der Waals surface area contributed by atoms with Crippen molar-refractivity contribution in [2.75, 3.05) is 34.8 Å². The van der Waals surface area contributed by atoms with Gasteiger partial charge < -0.3 is 10.6 Å². The van der Waals surface area contributed by atoms with Crippen molar-refractivity contribution in [3.05, 3.63) is 60.0 Å². The highest BCUT2D eigenvalue weighted by Gasteiger charge is 2.26. The third-order valence-electron chi connectivity index (χ3n) is 5.44. The van der Waals surface area contributed by atoms with Crippen LogP contribution in [0.2, 0.25) is 0 Å². The molecule has 0 atom stereocenters. The number of amides is 1. The first kappa shape index (κ1) is 24.4. The molecule has 0 aliphatic heterocycles. The molecular weight excluding hydrogens is 470 g/mol. The summed E-state index contributed by atoms with van der Waals surface area (Å²) in [6.45, 7) is 2.04. The van der Waals surface area contributed by atoms with E-state index in [1.165, 1.54) is 17.5 Å². The molecule has 35 heavy (non-hydrogen) atoms. The van der Waals surface area contributed by atoms with Crippen molar-refractivity contribution < 1.29 is 18.0 Å². The van der Waals surface area contributed by atoms with Gasteiger partial charge in [-0.2, -0.15) is 0 Å². The normalized spacial score (nSPS) is 13.2. The van der Waals surface area contributed by atoms with E-state index in [2.05, 4.69) is 31.1 Å². The van der Waals surface area contributed by atoms with Gasteiger partial charge in [-0.25, -0.2) is 28.8 Å². The van der Waals surface area contributed by atoms with Crippen molar-refractivity contribution >= 4 is 44.8 Å². The van der Waals surface area contributed by atoms with E-state index < -0.39 is 15.9 Å². The first-order valence-corrected chi connectivity index (χ1v) is 12.9. The Balaban J connectivity index is 1.74. The Hall–Kier alpha value is -3.77. The fourth-order valence-corrected chi connectivity index (χ4v) is 3.90. The maximum atomic E-state index is 12.7. The van der Waals surface area contributed by atoms with Crippen LogP contribution in [0.15, 0.2) is 48.9 Å². The molecular formula is C23H27N7O4S. The Morgan fingerprint density at radius 2 is 1.86 bits per heavy atom. The average molecular weight is 498 g/mol. The van der Waals surface area contributed by atoms with Gasteiger partial charge in [0.2, 0.25) is 16.0 Å². The molecule has 12 heteroatoms. The number of hydroxylamine groups is 1. The van der Waals surface area contributed by atoms with Crippen molar-refractivity contribution in [3.8, 4) is 0 Å². The zero-order valence-electron chi connectivity index (χ0n) is 19.6. The largest absolute Gasteiger partial charge is 0.353 e. The molecule has 0 spiro atoms. The molecule has 3 aromatic rings. The van der Waals surface area contributed by atoms with Gasteiger partial charge in [-0.05, 0) is 49.4 Å². The summed E-state index contributed by atoms with van der Waals surface area (Å²) in [5.41, 5.74) is 5.03. The number of rotatable bonds is 10. The second-order valence-electron chi connectivity index (χ2n) is 8.08. The molecule has 1 aliphatic carbocycles. The molecule has 0 unspecified atom stereocenters. The van der Waals surface area contributed by atoms with Gasteiger partial charge in [0.05, 0.1) is 35.5 Å². The van der Waals surface area contributed by atoms with Crippen LogP contribution in [0.4, 0.5) is 28.8 Å². The number of nitrogens with zero attached hydrogens (tertiary/aromatic N) is 4. The molecule has 1 fully saturated rings. The number of benzene rings is 1. The number of pyridine rings is 1. The van der Waals surface area contributed by atoms with Crippen LogP contribution in [0.3, 0.4) is 0 Å². The highest BCUT2D eigenvalue weighted by molar-refractivity contribution is 7.92. The summed E-state index contributed by atoms with van der Waals surface area (Å²) >= 11 is 0. The maximum Gasteiger partial charge on any atom is 0.278 e. The van der Waals surface area contributed by atoms with Crippen molar-refractivity contribution in [1.29, 1.82) is 0 Å². The fourth-order valence-electron chi connectivity index (χ4n) is 3.39. The smallest absolute Gasteiger partial charge is 0.278 e. The Morgan fingerprint density at radius 1 is 1.11 bits per heavy atom. The number of nitrogens with one attached hydrogen (secondary N) is 3. The third-order valence-corrected chi connectivity index (χ3v) is 6.63. The number of carbonyl (C=O) groups excluding carboxylic acids is 1. The Bertz CT molecular complexity index is 1310. The van der Waals surface area contributed by atoms with Crippen LogP contribution in [0.25, 0.3) is 0 Å². The summed E-state index contributed by atoms with van der Waals surface area (Å²) < 4.78 is 26.0. The zero-order chi connectivity index (χ0) is 25.0. The Morgan fingerprint density at radius 3 is 2.51 bits per heavy atom. The van der Waals surface area contributed by atoms with Crippen molar-refractivity contribution in [1.82, 2.24) is 20.4 Å². The van der Waals surface area contributed by atoms with Gasteiger partial charge in [0.15, 0.2) is 0 Å². The molecule has 2 aromatic heterocycles. The van der Waals surface area contributed by atoms with Crippen LogP contribution in [0.1, 0.15) is 41.6 Å². The number of sulfonamides is 1. The minimum Gasteiger partial charge on any atom is -0.353 e. The van der Waals surface area contributed by atoms with Gasteiger partial charge in [0.25, 0.3) is 5.91 Å². The molecule has 1 aromatic carbocycles. The molecule has 0 bridgehead atoms. The minimum atomic E-state index is -3.53. The molecule has 1 amide bonds. The quantitative estimate of drug-likeness (QED) is 0.360. The van der Waals surface area contributed by atoms with E-state index in [-0.39, 0.29) is 5.56 Å². The third kappa shape index (κ3) is 6.03. The molecule has 184 valence electrons. The van der Waals surface area contributed by atoms with Crippen LogP contribution >= 0.6 is 0 Å². The molecule has 2 heterocycles. The lowest BCUT2D eigenvalue weighted by Crippen LogP contribution is -2.26. The van der Waals surface area contributed by atoms with E-state index >= 15 is 0 Å². The van der Waals surface area contributed by atoms with E-state index in [4.69, 9.17) is 4.84 Å². The second-order valence-corrected chi connectivity index (χ2v) is 10.1. The number of anilines is 5. The van der Waals surface area contributed by atoms with Crippen molar-refractivity contribution in [2.45, 2.75) is 25.7 Å². The topological polar surface area (TPSA) is 138 Å². The van der Waals surface area contributed by atoms with Crippen LogP contribution in [0.5, 0.6) is 0 Å². The lowest BCUT2D eigenvalue weighted by Gasteiger charge is -2.23. The van der Waals surface area contributed by atoms with Gasteiger partial charge in [-0.1, -0.05) is 6.07 Å². The standard InChI is InChI=1S/C23H27N7O4S/c1-4-34-29-22(31)17-14-26-21(28-23-24-10-5-11-25-23)13-19(17)27-18-9-8-16(15-6-7-15)12-20(18)30(2)35(3,32)33/h5,8-15H,4,6-7H2,1-3H3,(H,29,31)(H2,24,25,26,27,28). The summed E-state index contributed by atoms with van der Waals surface area (Å²) in [7, 11) is -2.03. The lowest BCUT2D eigenvalue weighted by molar-refractivity contribution is 0.0365. The molecule has 1 saturated carbocycles. The predicted octanol–water partition coefficient (Wildman–Crippen LogP) is 3.31. The van der Waals surface area contributed by atoms with Crippen LogP contribution in [-0.4, -0.2) is 49.2 Å². The van der Waals surface area contributed by atoms with E-state index in [1.54, 1.807) is 31.5 Å². The van der Waals surface area contributed by atoms with Crippen LogP contribution in [0, 0.1) is 0 Å². The summed E-state index contributed by atoms with van der Waals surface area (Å²) in [6.07, 6.45) is 7.88. The second kappa shape index (κ2) is 10.2. The SMILES string of the molecule is CCONC(=O)c1cnc(Nc2ncccn2)cc1Nc1ccc(C2CC2)cc1N(C)S(C)(=O)=O. The Kier molecular flexibility index (Phi) is 7.12. The molecule has 0 saturated heterocycles.